The van der Waals surface area contributed by atoms with Crippen LogP contribution in [-0.2, 0) is 10.4 Å². The monoisotopic (exact) mass is 268 g/mol. The Balaban J connectivity index is -0.000000174. The van der Waals surface area contributed by atoms with Crippen LogP contribution >= 0.6 is 0 Å². The summed E-state index contributed by atoms with van der Waals surface area (Å²) in [5.41, 5.74) is 0. The first kappa shape index (κ1) is 21.5. The van der Waals surface area contributed by atoms with Crippen molar-refractivity contribution >= 4 is 10.4 Å². The molecule has 0 aromatic heterocycles. The zero-order chi connectivity index (χ0) is 14.5. The van der Waals surface area contributed by atoms with E-state index >= 15 is 0 Å². The molecular formula is C10H24N2O4S. The van der Waals surface area contributed by atoms with Crippen LogP contribution in [0.5, 0.6) is 0 Å². The van der Waals surface area contributed by atoms with E-state index in [2.05, 4.69) is 23.0 Å². The van der Waals surface area contributed by atoms with Crippen molar-refractivity contribution in [1.29, 1.82) is 0 Å². The second-order valence-corrected chi connectivity index (χ2v) is 4.45. The average molecular weight is 268 g/mol. The van der Waals surface area contributed by atoms with Gasteiger partial charge >= 0.3 is 10.4 Å². The Labute approximate surface area is 105 Å². The molecule has 0 spiro atoms. The zero-order valence-corrected chi connectivity index (χ0v) is 11.8. The predicted molar refractivity (Wildman–Crippen MR) is 71.7 cm³/mol. The van der Waals surface area contributed by atoms with Crippen molar-refractivity contribution in [3.05, 3.63) is 25.3 Å². The number of hydrogen-bond donors (Lipinski definition) is 2. The Kier molecular flexibility index (Phi) is 16.9. The summed E-state index contributed by atoms with van der Waals surface area (Å²) in [5, 5.41) is 0. The fourth-order valence-electron chi connectivity index (χ4n) is 0.516. The number of hydrogen-bond acceptors (Lipinski definition) is 4. The van der Waals surface area contributed by atoms with Crippen LogP contribution in [-0.4, -0.2) is 68.6 Å². The van der Waals surface area contributed by atoms with Gasteiger partial charge in [-0.1, -0.05) is 12.2 Å². The van der Waals surface area contributed by atoms with Crippen molar-refractivity contribution in [3.63, 3.8) is 0 Å². The Morgan fingerprint density at radius 1 is 0.941 bits per heavy atom. The van der Waals surface area contributed by atoms with Gasteiger partial charge in [-0.3, -0.25) is 9.11 Å². The summed E-state index contributed by atoms with van der Waals surface area (Å²) in [6.45, 7) is 9.06. The maximum Gasteiger partial charge on any atom is 0.394 e. The highest BCUT2D eigenvalue weighted by molar-refractivity contribution is 7.79. The third-order valence-electron chi connectivity index (χ3n) is 0.988. The van der Waals surface area contributed by atoms with Crippen LogP contribution in [0.2, 0.25) is 0 Å². The average Bonchev–Trinajstić information content (AvgIpc) is 2.00. The van der Waals surface area contributed by atoms with Crippen molar-refractivity contribution in [1.82, 2.24) is 9.80 Å². The lowest BCUT2D eigenvalue weighted by Gasteiger charge is -2.01. The van der Waals surface area contributed by atoms with Crippen LogP contribution in [0.4, 0.5) is 0 Å². The molecule has 0 atom stereocenters. The van der Waals surface area contributed by atoms with E-state index in [1.807, 2.05) is 40.3 Å². The van der Waals surface area contributed by atoms with Gasteiger partial charge in [0.2, 0.25) is 0 Å². The molecule has 0 amide bonds. The van der Waals surface area contributed by atoms with E-state index in [0.717, 1.165) is 13.1 Å². The van der Waals surface area contributed by atoms with Crippen molar-refractivity contribution in [2.75, 3.05) is 41.3 Å². The molecule has 104 valence electrons. The summed E-state index contributed by atoms with van der Waals surface area (Å²) in [5.74, 6) is 0. The van der Waals surface area contributed by atoms with Crippen LogP contribution in [0.1, 0.15) is 0 Å². The molecule has 0 unspecified atom stereocenters. The SMILES string of the molecule is C=CCN(C)C.C=CCN(C)C.O=S(=O)(O)O. The molecule has 0 heterocycles. The van der Waals surface area contributed by atoms with Crippen molar-refractivity contribution < 1.29 is 17.5 Å². The topological polar surface area (TPSA) is 81.1 Å². The lowest BCUT2D eigenvalue weighted by atomic mass is 10.6. The molecule has 0 aromatic carbocycles. The van der Waals surface area contributed by atoms with Crippen LogP contribution in [0.15, 0.2) is 25.3 Å². The van der Waals surface area contributed by atoms with Gasteiger partial charge in [0.25, 0.3) is 0 Å². The van der Waals surface area contributed by atoms with E-state index in [-0.39, 0.29) is 0 Å². The Morgan fingerprint density at radius 2 is 1.12 bits per heavy atom. The van der Waals surface area contributed by atoms with E-state index < -0.39 is 10.4 Å². The molecule has 17 heavy (non-hydrogen) atoms. The molecule has 0 rings (SSSR count). The van der Waals surface area contributed by atoms with E-state index in [4.69, 9.17) is 17.5 Å². The third kappa shape index (κ3) is 96.8. The highest BCUT2D eigenvalue weighted by atomic mass is 32.3. The number of nitrogens with zero attached hydrogens (tertiary/aromatic N) is 2. The van der Waals surface area contributed by atoms with Crippen molar-refractivity contribution in [2.45, 2.75) is 0 Å². The van der Waals surface area contributed by atoms with E-state index in [1.54, 1.807) is 0 Å². The van der Waals surface area contributed by atoms with Crippen LogP contribution in [0.3, 0.4) is 0 Å². The van der Waals surface area contributed by atoms with Crippen LogP contribution in [0.25, 0.3) is 0 Å². The summed E-state index contributed by atoms with van der Waals surface area (Å²) in [6, 6.07) is 0. The number of rotatable bonds is 4. The van der Waals surface area contributed by atoms with Gasteiger partial charge in [-0.25, -0.2) is 0 Å². The second kappa shape index (κ2) is 13.3. The zero-order valence-electron chi connectivity index (χ0n) is 11.0. The van der Waals surface area contributed by atoms with Gasteiger partial charge in [-0.05, 0) is 28.2 Å². The minimum absolute atomic E-state index is 0.972. The lowest BCUT2D eigenvalue weighted by molar-refractivity contribution is 0.381. The van der Waals surface area contributed by atoms with Gasteiger partial charge in [-0.2, -0.15) is 8.42 Å². The van der Waals surface area contributed by atoms with E-state index in [1.165, 1.54) is 0 Å². The van der Waals surface area contributed by atoms with Gasteiger partial charge in [-0.15, -0.1) is 13.2 Å². The molecule has 0 aliphatic carbocycles. The third-order valence-corrected chi connectivity index (χ3v) is 0.988. The van der Waals surface area contributed by atoms with Crippen LogP contribution in [0, 0.1) is 0 Å². The predicted octanol–water partition coefficient (Wildman–Crippen LogP) is 0.815. The molecule has 7 heteroatoms. The van der Waals surface area contributed by atoms with Gasteiger partial charge < -0.3 is 9.80 Å². The highest BCUT2D eigenvalue weighted by Crippen LogP contribution is 1.69. The van der Waals surface area contributed by atoms with Crippen molar-refractivity contribution in [3.8, 4) is 0 Å². The molecule has 0 fully saturated rings. The van der Waals surface area contributed by atoms with Crippen LogP contribution < -0.4 is 0 Å². The molecule has 0 saturated heterocycles. The molecule has 0 aromatic rings. The quantitative estimate of drug-likeness (QED) is 0.580. The first-order chi connectivity index (χ1) is 7.54. The van der Waals surface area contributed by atoms with Gasteiger partial charge in [0.05, 0.1) is 0 Å². The van der Waals surface area contributed by atoms with Gasteiger partial charge in [0.1, 0.15) is 0 Å². The maximum atomic E-state index is 8.74. The van der Waals surface area contributed by atoms with Gasteiger partial charge in [0.15, 0.2) is 0 Å². The number of likely N-dealkylation sites (N-methyl/N-ethyl adjacent to an activating group) is 2. The minimum Gasteiger partial charge on any atom is -0.306 e. The smallest absolute Gasteiger partial charge is 0.306 e. The molecule has 0 bridgehead atoms. The van der Waals surface area contributed by atoms with Crippen molar-refractivity contribution in [2.24, 2.45) is 0 Å². The summed E-state index contributed by atoms with van der Waals surface area (Å²) >= 11 is 0. The molecular weight excluding hydrogens is 244 g/mol. The normalized spacial score (nSPS) is 9.88. The first-order valence-corrected chi connectivity index (χ1v) is 6.15. The summed E-state index contributed by atoms with van der Waals surface area (Å²) in [7, 11) is 3.40. The highest BCUT2D eigenvalue weighted by Gasteiger charge is 1.84. The lowest BCUT2D eigenvalue weighted by Crippen LogP contribution is -2.09. The molecule has 0 radical (unpaired) electrons. The molecule has 0 aliphatic rings. The largest absolute Gasteiger partial charge is 0.394 e. The Hall–Kier alpha value is -0.730. The molecule has 0 saturated carbocycles. The minimum atomic E-state index is -4.67. The Bertz CT molecular complexity index is 252. The fraction of sp³-hybridized carbons (Fsp3) is 0.600. The molecule has 0 aliphatic heterocycles. The summed E-state index contributed by atoms with van der Waals surface area (Å²) in [6.07, 6.45) is 3.75. The Morgan fingerprint density at radius 3 is 1.12 bits per heavy atom. The maximum absolute atomic E-state index is 8.74. The van der Waals surface area contributed by atoms with E-state index in [9.17, 15) is 0 Å². The second-order valence-electron chi connectivity index (χ2n) is 3.55. The standard InChI is InChI=1S/2C5H11N.H2O4S/c2*1-4-5-6(2)3;1-5(2,3)4/h2*4H,1,5H2,2-3H3;(H2,1,2,3,4). The summed E-state index contributed by atoms with van der Waals surface area (Å²) in [4.78, 5) is 4.12. The van der Waals surface area contributed by atoms with Gasteiger partial charge in [0, 0.05) is 13.1 Å². The fourth-order valence-corrected chi connectivity index (χ4v) is 0.516. The molecule has 6 nitrogen and oxygen atoms in total. The first-order valence-electron chi connectivity index (χ1n) is 4.75. The summed E-state index contributed by atoms with van der Waals surface area (Å²) < 4.78 is 31.6. The van der Waals surface area contributed by atoms with E-state index in [0.29, 0.717) is 0 Å². The molecule has 2 N–H and O–H groups in total.